The lowest BCUT2D eigenvalue weighted by Gasteiger charge is -1.97. The SMILES string of the molecule is Clc1[c]ccc(-n2nc3ccccc3n2)c1. The Labute approximate surface area is 97.3 Å². The Morgan fingerprint density at radius 3 is 2.38 bits per heavy atom. The molecule has 4 heteroatoms. The van der Waals surface area contributed by atoms with E-state index in [0.717, 1.165) is 16.7 Å². The molecule has 0 atom stereocenters. The third-order valence-corrected chi connectivity index (χ3v) is 2.49. The molecule has 0 spiro atoms. The predicted molar refractivity (Wildman–Crippen MR) is 62.7 cm³/mol. The first-order valence-corrected chi connectivity index (χ1v) is 5.20. The van der Waals surface area contributed by atoms with Crippen LogP contribution in [0, 0.1) is 6.07 Å². The topological polar surface area (TPSA) is 30.7 Å². The quantitative estimate of drug-likeness (QED) is 0.641. The van der Waals surface area contributed by atoms with Crippen molar-refractivity contribution in [3.8, 4) is 5.69 Å². The fourth-order valence-corrected chi connectivity index (χ4v) is 1.70. The number of fused-ring (bicyclic) bond motifs is 1. The molecular weight excluding hydrogens is 222 g/mol. The van der Waals surface area contributed by atoms with Crippen LogP contribution in [-0.2, 0) is 0 Å². The van der Waals surface area contributed by atoms with Gasteiger partial charge in [-0.25, -0.2) is 0 Å². The van der Waals surface area contributed by atoms with Crippen LogP contribution in [0.2, 0.25) is 5.02 Å². The second-order valence-corrected chi connectivity index (χ2v) is 3.78. The molecule has 0 amide bonds. The van der Waals surface area contributed by atoms with E-state index in [4.69, 9.17) is 11.6 Å². The van der Waals surface area contributed by atoms with Crippen LogP contribution in [0.5, 0.6) is 0 Å². The summed E-state index contributed by atoms with van der Waals surface area (Å²) in [5.74, 6) is 0. The molecule has 0 saturated heterocycles. The van der Waals surface area contributed by atoms with Crippen molar-refractivity contribution in [1.82, 2.24) is 15.0 Å². The normalized spacial score (nSPS) is 10.8. The summed E-state index contributed by atoms with van der Waals surface area (Å²) in [6, 6.07) is 16.0. The van der Waals surface area contributed by atoms with Crippen LogP contribution in [0.4, 0.5) is 0 Å². The molecule has 1 radical (unpaired) electrons. The van der Waals surface area contributed by atoms with Crippen LogP contribution < -0.4 is 0 Å². The summed E-state index contributed by atoms with van der Waals surface area (Å²) < 4.78 is 0. The van der Waals surface area contributed by atoms with Crippen molar-refractivity contribution in [2.45, 2.75) is 0 Å². The van der Waals surface area contributed by atoms with E-state index in [0.29, 0.717) is 5.02 Å². The summed E-state index contributed by atoms with van der Waals surface area (Å²) in [6.07, 6.45) is 0. The van der Waals surface area contributed by atoms with Crippen LogP contribution in [0.1, 0.15) is 0 Å². The molecule has 16 heavy (non-hydrogen) atoms. The van der Waals surface area contributed by atoms with Crippen LogP contribution in [-0.4, -0.2) is 15.0 Å². The molecule has 0 fully saturated rings. The number of benzene rings is 2. The van der Waals surface area contributed by atoms with Crippen molar-refractivity contribution in [3.05, 3.63) is 53.6 Å². The molecule has 1 aromatic heterocycles. The molecule has 2 aromatic carbocycles. The Kier molecular flexibility index (Phi) is 2.11. The number of rotatable bonds is 1. The monoisotopic (exact) mass is 228 g/mol. The highest BCUT2D eigenvalue weighted by atomic mass is 35.5. The first-order chi connectivity index (χ1) is 7.83. The number of aromatic nitrogens is 3. The maximum absolute atomic E-state index is 5.87. The van der Waals surface area contributed by atoms with Crippen LogP contribution in [0.15, 0.2) is 42.5 Å². The van der Waals surface area contributed by atoms with Gasteiger partial charge in [0.1, 0.15) is 11.0 Å². The standard InChI is InChI=1S/C12H7ClN3/c13-9-4-3-5-10(8-9)16-14-11-6-1-2-7-12(11)15-16/h1-3,5-8H. The smallest absolute Gasteiger partial charge is 0.113 e. The molecule has 3 nitrogen and oxygen atoms in total. The van der Waals surface area contributed by atoms with Crippen molar-refractivity contribution in [1.29, 1.82) is 0 Å². The van der Waals surface area contributed by atoms with Gasteiger partial charge < -0.3 is 0 Å². The first-order valence-electron chi connectivity index (χ1n) is 4.83. The lowest BCUT2D eigenvalue weighted by molar-refractivity contribution is 0.765. The highest BCUT2D eigenvalue weighted by Gasteiger charge is 2.03. The highest BCUT2D eigenvalue weighted by molar-refractivity contribution is 6.30. The van der Waals surface area contributed by atoms with Crippen LogP contribution in [0.25, 0.3) is 16.7 Å². The van der Waals surface area contributed by atoms with Gasteiger partial charge in [0.15, 0.2) is 0 Å². The second-order valence-electron chi connectivity index (χ2n) is 3.37. The minimum absolute atomic E-state index is 0.554. The summed E-state index contributed by atoms with van der Waals surface area (Å²) in [6.45, 7) is 0. The minimum Gasteiger partial charge on any atom is -0.150 e. The minimum atomic E-state index is 0.554. The van der Waals surface area contributed by atoms with Gasteiger partial charge in [-0.2, -0.15) is 4.80 Å². The van der Waals surface area contributed by atoms with Crippen LogP contribution >= 0.6 is 11.6 Å². The summed E-state index contributed by atoms with van der Waals surface area (Å²) in [7, 11) is 0. The fourth-order valence-electron chi connectivity index (χ4n) is 1.53. The van der Waals surface area contributed by atoms with Crippen molar-refractivity contribution in [2.24, 2.45) is 0 Å². The van der Waals surface area contributed by atoms with Crippen molar-refractivity contribution >= 4 is 22.6 Å². The van der Waals surface area contributed by atoms with Gasteiger partial charge in [-0.05, 0) is 24.3 Å². The van der Waals surface area contributed by atoms with Gasteiger partial charge in [0.25, 0.3) is 0 Å². The Morgan fingerprint density at radius 1 is 1.06 bits per heavy atom. The number of halogens is 1. The third-order valence-electron chi connectivity index (χ3n) is 2.27. The zero-order valence-corrected chi connectivity index (χ0v) is 9.02. The summed E-state index contributed by atoms with van der Waals surface area (Å²) in [4.78, 5) is 1.57. The molecule has 77 valence electrons. The zero-order chi connectivity index (χ0) is 11.0. The van der Waals surface area contributed by atoms with E-state index in [1.165, 1.54) is 0 Å². The molecule has 3 aromatic rings. The lowest BCUT2D eigenvalue weighted by atomic mass is 10.3. The van der Waals surface area contributed by atoms with E-state index in [2.05, 4.69) is 16.3 Å². The van der Waals surface area contributed by atoms with Crippen molar-refractivity contribution in [3.63, 3.8) is 0 Å². The van der Waals surface area contributed by atoms with E-state index >= 15 is 0 Å². The first kappa shape index (κ1) is 9.36. The van der Waals surface area contributed by atoms with E-state index in [9.17, 15) is 0 Å². The third kappa shape index (κ3) is 1.55. The summed E-state index contributed by atoms with van der Waals surface area (Å²) in [5.41, 5.74) is 2.57. The molecule has 1 heterocycles. The van der Waals surface area contributed by atoms with Gasteiger partial charge >= 0.3 is 0 Å². The number of nitrogens with zero attached hydrogens (tertiary/aromatic N) is 3. The molecular formula is C12H7ClN3. The fraction of sp³-hybridized carbons (Fsp3) is 0. The predicted octanol–water partition coefficient (Wildman–Crippen LogP) is 2.87. The van der Waals surface area contributed by atoms with Gasteiger partial charge in [-0.15, -0.1) is 10.2 Å². The number of hydrogen-bond acceptors (Lipinski definition) is 2. The molecule has 0 aliphatic rings. The maximum atomic E-state index is 5.87. The second kappa shape index (κ2) is 3.61. The Morgan fingerprint density at radius 2 is 1.75 bits per heavy atom. The van der Waals surface area contributed by atoms with Gasteiger partial charge in [0.05, 0.1) is 10.7 Å². The van der Waals surface area contributed by atoms with Crippen LogP contribution in [0.3, 0.4) is 0 Å². The van der Waals surface area contributed by atoms with Crippen molar-refractivity contribution < 1.29 is 0 Å². The maximum Gasteiger partial charge on any atom is 0.113 e. The molecule has 0 unspecified atom stereocenters. The Bertz CT molecular complexity index is 612. The van der Waals surface area contributed by atoms with E-state index < -0.39 is 0 Å². The zero-order valence-electron chi connectivity index (χ0n) is 8.26. The van der Waals surface area contributed by atoms with Gasteiger partial charge in [0.2, 0.25) is 0 Å². The summed E-state index contributed by atoms with van der Waals surface area (Å²) in [5, 5.41) is 9.27. The molecule has 0 bridgehead atoms. The molecule has 3 rings (SSSR count). The van der Waals surface area contributed by atoms with Gasteiger partial charge in [-0.3, -0.25) is 0 Å². The van der Waals surface area contributed by atoms with Crippen molar-refractivity contribution in [2.75, 3.05) is 0 Å². The van der Waals surface area contributed by atoms with E-state index in [-0.39, 0.29) is 0 Å². The number of hydrogen-bond donors (Lipinski definition) is 0. The molecule has 0 aliphatic heterocycles. The van der Waals surface area contributed by atoms with E-state index in [1.54, 1.807) is 16.9 Å². The average molecular weight is 229 g/mol. The lowest BCUT2D eigenvalue weighted by Crippen LogP contribution is -1.97. The molecule has 0 saturated carbocycles. The summed E-state index contributed by atoms with van der Waals surface area (Å²) >= 11 is 5.87. The Hall–Kier alpha value is -1.87. The van der Waals surface area contributed by atoms with Gasteiger partial charge in [0, 0.05) is 6.07 Å². The highest BCUT2D eigenvalue weighted by Crippen LogP contribution is 2.15. The average Bonchev–Trinajstić information content (AvgIpc) is 2.72. The Balaban J connectivity index is 2.19. The van der Waals surface area contributed by atoms with Gasteiger partial charge in [-0.1, -0.05) is 29.8 Å². The largest absolute Gasteiger partial charge is 0.150 e. The van der Waals surface area contributed by atoms with E-state index in [1.807, 2.05) is 30.3 Å². The molecule has 0 N–H and O–H groups in total. The molecule has 0 aliphatic carbocycles.